The van der Waals surface area contributed by atoms with E-state index in [0.717, 1.165) is 23.3 Å². The fourth-order valence-corrected chi connectivity index (χ4v) is 3.16. The number of halogens is 1. The molecule has 2 aliphatic rings. The molecule has 0 aromatic heterocycles. The Bertz CT molecular complexity index is 509. The van der Waals surface area contributed by atoms with Crippen molar-refractivity contribution >= 4 is 24.2 Å². The van der Waals surface area contributed by atoms with Gasteiger partial charge in [-0.2, -0.15) is 0 Å². The lowest BCUT2D eigenvalue weighted by Gasteiger charge is -2.32. The highest BCUT2D eigenvalue weighted by atomic mass is 35.5. The minimum absolute atomic E-state index is 0.319. The molecule has 0 atom stereocenters. The Labute approximate surface area is 120 Å². The van der Waals surface area contributed by atoms with Crippen molar-refractivity contribution in [3.63, 3.8) is 0 Å². The fourth-order valence-electron chi connectivity index (χ4n) is 2.79. The van der Waals surface area contributed by atoms with Gasteiger partial charge in [-0.3, -0.25) is 0 Å². The summed E-state index contributed by atoms with van der Waals surface area (Å²) in [6.07, 6.45) is 3.40. The Morgan fingerprint density at radius 1 is 1.05 bits per heavy atom. The molecule has 1 aliphatic heterocycles. The van der Waals surface area contributed by atoms with Crippen LogP contribution in [0.25, 0.3) is 0 Å². The zero-order chi connectivity index (χ0) is 13.8. The third kappa shape index (κ3) is 2.03. The van der Waals surface area contributed by atoms with Crippen molar-refractivity contribution in [1.82, 2.24) is 0 Å². The lowest BCUT2D eigenvalue weighted by atomic mass is 9.77. The van der Waals surface area contributed by atoms with Crippen LogP contribution in [-0.2, 0) is 22.2 Å². The molecule has 0 N–H and O–H groups in total. The number of fused-ring (bicyclic) bond motifs is 1. The van der Waals surface area contributed by atoms with Gasteiger partial charge >= 0.3 is 7.12 Å². The van der Waals surface area contributed by atoms with E-state index in [4.69, 9.17) is 20.9 Å². The van der Waals surface area contributed by atoms with E-state index in [1.165, 1.54) is 17.5 Å². The Morgan fingerprint density at radius 3 is 2.32 bits per heavy atom. The molecule has 1 aromatic rings. The second kappa shape index (κ2) is 4.24. The molecule has 4 heteroatoms. The SMILES string of the molecule is CC1(C)OB(c2ccc3c(c2Cl)CCC3)OC1(C)C. The average Bonchev–Trinajstić information content (AvgIpc) is 2.83. The first-order valence-corrected chi connectivity index (χ1v) is 7.35. The van der Waals surface area contributed by atoms with Gasteiger partial charge in [0.1, 0.15) is 0 Å². The lowest BCUT2D eigenvalue weighted by molar-refractivity contribution is 0.00578. The molecule has 1 fully saturated rings. The highest BCUT2D eigenvalue weighted by Crippen LogP contribution is 2.38. The third-order valence-corrected chi connectivity index (χ3v) is 5.20. The maximum atomic E-state index is 6.56. The van der Waals surface area contributed by atoms with Gasteiger partial charge in [0.05, 0.1) is 11.2 Å². The van der Waals surface area contributed by atoms with Crippen molar-refractivity contribution in [2.24, 2.45) is 0 Å². The standard InChI is InChI=1S/C15H20BClO2/c1-14(2)15(3,4)19-16(18-14)12-9-8-10-6-5-7-11(10)13(12)17/h8-9H,5-7H2,1-4H3. The minimum atomic E-state index is -0.358. The van der Waals surface area contributed by atoms with Gasteiger partial charge in [-0.15, -0.1) is 0 Å². The van der Waals surface area contributed by atoms with Crippen molar-refractivity contribution in [1.29, 1.82) is 0 Å². The van der Waals surface area contributed by atoms with E-state index in [9.17, 15) is 0 Å². The third-order valence-electron chi connectivity index (χ3n) is 4.75. The van der Waals surface area contributed by atoms with Crippen molar-refractivity contribution in [2.75, 3.05) is 0 Å². The maximum absolute atomic E-state index is 6.56. The molecule has 1 aliphatic carbocycles. The van der Waals surface area contributed by atoms with E-state index in [-0.39, 0.29) is 18.3 Å². The van der Waals surface area contributed by atoms with E-state index >= 15 is 0 Å². The van der Waals surface area contributed by atoms with Crippen LogP contribution in [0.15, 0.2) is 12.1 Å². The molecular weight excluding hydrogens is 258 g/mol. The Kier molecular flexibility index (Phi) is 3.01. The lowest BCUT2D eigenvalue weighted by Crippen LogP contribution is -2.41. The van der Waals surface area contributed by atoms with E-state index < -0.39 is 0 Å². The molecule has 0 saturated carbocycles. The first-order chi connectivity index (χ1) is 8.82. The molecule has 0 unspecified atom stereocenters. The van der Waals surface area contributed by atoms with Crippen molar-refractivity contribution < 1.29 is 9.31 Å². The maximum Gasteiger partial charge on any atom is 0.496 e. The van der Waals surface area contributed by atoms with Crippen molar-refractivity contribution in [3.05, 3.63) is 28.3 Å². The highest BCUT2D eigenvalue weighted by Gasteiger charge is 2.52. The fraction of sp³-hybridized carbons (Fsp3) is 0.600. The van der Waals surface area contributed by atoms with Gasteiger partial charge in [0.15, 0.2) is 0 Å². The van der Waals surface area contributed by atoms with Gasteiger partial charge in [-0.25, -0.2) is 0 Å². The van der Waals surface area contributed by atoms with E-state index in [0.29, 0.717) is 0 Å². The average molecular weight is 279 g/mol. The summed E-state index contributed by atoms with van der Waals surface area (Å²) in [5.74, 6) is 0. The summed E-state index contributed by atoms with van der Waals surface area (Å²) in [4.78, 5) is 0. The molecule has 1 saturated heterocycles. The summed E-state index contributed by atoms with van der Waals surface area (Å²) < 4.78 is 12.2. The molecule has 3 rings (SSSR count). The zero-order valence-electron chi connectivity index (χ0n) is 12.0. The summed E-state index contributed by atoms with van der Waals surface area (Å²) in [6, 6.07) is 4.24. The van der Waals surface area contributed by atoms with Crippen LogP contribution < -0.4 is 5.46 Å². The first kappa shape index (κ1) is 13.5. The summed E-state index contributed by atoms with van der Waals surface area (Å²) >= 11 is 6.56. The smallest absolute Gasteiger partial charge is 0.399 e. The van der Waals surface area contributed by atoms with Gasteiger partial charge in [-0.05, 0) is 58.1 Å². The van der Waals surface area contributed by atoms with E-state index in [1.54, 1.807) is 0 Å². The van der Waals surface area contributed by atoms with Crippen LogP contribution in [-0.4, -0.2) is 18.3 Å². The van der Waals surface area contributed by atoms with E-state index in [2.05, 4.69) is 39.8 Å². The van der Waals surface area contributed by atoms with Gasteiger partial charge in [0.25, 0.3) is 0 Å². The molecule has 0 radical (unpaired) electrons. The van der Waals surface area contributed by atoms with Crippen LogP contribution in [0.4, 0.5) is 0 Å². The van der Waals surface area contributed by atoms with Crippen molar-refractivity contribution in [3.8, 4) is 0 Å². The molecule has 0 spiro atoms. The summed E-state index contributed by atoms with van der Waals surface area (Å²) in [5, 5.41) is 0.841. The molecular formula is C15H20BClO2. The Balaban J connectivity index is 1.97. The predicted molar refractivity (Wildman–Crippen MR) is 79.2 cm³/mol. The molecule has 102 valence electrons. The van der Waals surface area contributed by atoms with Crippen LogP contribution in [0, 0.1) is 0 Å². The first-order valence-electron chi connectivity index (χ1n) is 6.98. The summed E-state index contributed by atoms with van der Waals surface area (Å²) in [7, 11) is -0.358. The van der Waals surface area contributed by atoms with Crippen LogP contribution in [0.1, 0.15) is 45.2 Å². The molecule has 1 aromatic carbocycles. The van der Waals surface area contributed by atoms with Gasteiger partial charge < -0.3 is 9.31 Å². The number of rotatable bonds is 1. The predicted octanol–water partition coefficient (Wildman–Crippen LogP) is 3.13. The largest absolute Gasteiger partial charge is 0.496 e. The van der Waals surface area contributed by atoms with E-state index in [1.807, 2.05) is 0 Å². The topological polar surface area (TPSA) is 18.5 Å². The number of benzene rings is 1. The molecule has 0 amide bonds. The number of hydrogen-bond donors (Lipinski definition) is 0. The highest BCUT2D eigenvalue weighted by molar-refractivity contribution is 6.65. The molecule has 0 bridgehead atoms. The molecule has 1 heterocycles. The normalized spacial score (nSPS) is 23.7. The van der Waals surface area contributed by atoms with Crippen LogP contribution in [0.2, 0.25) is 5.02 Å². The Morgan fingerprint density at radius 2 is 1.68 bits per heavy atom. The monoisotopic (exact) mass is 278 g/mol. The van der Waals surface area contributed by atoms with Crippen LogP contribution in [0.5, 0.6) is 0 Å². The van der Waals surface area contributed by atoms with Crippen molar-refractivity contribution in [2.45, 2.75) is 58.2 Å². The second-order valence-corrected chi connectivity index (χ2v) is 6.93. The summed E-state index contributed by atoms with van der Waals surface area (Å²) in [5.41, 5.74) is 3.00. The molecule has 2 nitrogen and oxygen atoms in total. The minimum Gasteiger partial charge on any atom is -0.399 e. The van der Waals surface area contributed by atoms with Gasteiger partial charge in [-0.1, -0.05) is 23.7 Å². The zero-order valence-corrected chi connectivity index (χ0v) is 12.8. The quantitative estimate of drug-likeness (QED) is 0.735. The number of aryl methyl sites for hydroxylation is 1. The number of hydrogen-bond acceptors (Lipinski definition) is 2. The Hall–Kier alpha value is -0.505. The van der Waals surface area contributed by atoms with Crippen LogP contribution >= 0.6 is 11.6 Å². The van der Waals surface area contributed by atoms with Gasteiger partial charge in [0, 0.05) is 10.5 Å². The second-order valence-electron chi connectivity index (χ2n) is 6.55. The molecule has 19 heavy (non-hydrogen) atoms. The summed E-state index contributed by atoms with van der Waals surface area (Å²) in [6.45, 7) is 8.26. The van der Waals surface area contributed by atoms with Gasteiger partial charge in [0.2, 0.25) is 0 Å². The van der Waals surface area contributed by atoms with Crippen LogP contribution in [0.3, 0.4) is 0 Å².